The molecular weight excluding hydrogens is 290 g/mol. The third-order valence-electron chi connectivity index (χ3n) is 3.37. The molecule has 0 aliphatic carbocycles. The lowest BCUT2D eigenvalue weighted by molar-refractivity contribution is -0.141. The Morgan fingerprint density at radius 3 is 2.86 bits per heavy atom. The number of aromatic nitrogens is 1. The fourth-order valence-electron chi connectivity index (χ4n) is 1.70. The van der Waals surface area contributed by atoms with Gasteiger partial charge in [0.15, 0.2) is 0 Å². The second-order valence-corrected chi connectivity index (χ2v) is 5.44. The summed E-state index contributed by atoms with van der Waals surface area (Å²) in [5.74, 6) is -0.0299. The van der Waals surface area contributed by atoms with E-state index in [1.165, 1.54) is 19.4 Å². The van der Waals surface area contributed by atoms with Crippen molar-refractivity contribution in [2.45, 2.75) is 44.4 Å². The third-order valence-corrected chi connectivity index (χ3v) is 3.37. The minimum Gasteiger partial charge on any atom is -0.473 e. The van der Waals surface area contributed by atoms with Gasteiger partial charge in [-0.2, -0.15) is 0 Å². The van der Waals surface area contributed by atoms with E-state index >= 15 is 0 Å². The first kappa shape index (κ1) is 18.4. The van der Waals surface area contributed by atoms with Crippen molar-refractivity contribution in [1.29, 1.82) is 0 Å². The van der Waals surface area contributed by atoms with E-state index < -0.39 is 17.7 Å². The summed E-state index contributed by atoms with van der Waals surface area (Å²) in [7, 11) is 1.46. The molecule has 0 saturated carbocycles. The summed E-state index contributed by atoms with van der Waals surface area (Å²) in [6, 6.07) is 1.05. The van der Waals surface area contributed by atoms with Crippen molar-refractivity contribution < 1.29 is 23.9 Å². The average Bonchev–Trinajstić information content (AvgIpc) is 3.02. The van der Waals surface area contributed by atoms with Crippen molar-refractivity contribution in [3.63, 3.8) is 0 Å². The van der Waals surface area contributed by atoms with Gasteiger partial charge in [-0.25, -0.2) is 0 Å². The van der Waals surface area contributed by atoms with E-state index in [0.29, 0.717) is 19.4 Å². The summed E-state index contributed by atoms with van der Waals surface area (Å²) < 4.78 is 15.1. The molecule has 0 aliphatic rings. The van der Waals surface area contributed by atoms with Crippen LogP contribution in [-0.4, -0.2) is 54.2 Å². The first-order valence-electron chi connectivity index (χ1n) is 7.18. The van der Waals surface area contributed by atoms with Crippen LogP contribution in [0.1, 0.15) is 26.7 Å². The van der Waals surface area contributed by atoms with Crippen LogP contribution in [0, 0.1) is 0 Å². The number of aliphatic hydroxyl groups is 1. The number of nitrogens with two attached hydrogens (primary N) is 1. The number of carbonyl (C=O) groups is 1. The highest BCUT2D eigenvalue weighted by molar-refractivity contribution is 5.84. The lowest BCUT2D eigenvalue weighted by Gasteiger charge is -2.28. The number of hydrogen-bond donors (Lipinski definition) is 3. The quantitative estimate of drug-likeness (QED) is 0.558. The molecule has 1 aromatic rings. The molecule has 1 heterocycles. The number of aliphatic hydroxyl groups excluding tert-OH is 1. The van der Waals surface area contributed by atoms with E-state index in [-0.39, 0.29) is 18.4 Å². The molecule has 1 rings (SSSR count). The molecule has 0 saturated heterocycles. The highest BCUT2D eigenvalue weighted by atomic mass is 16.5. The number of carbonyl (C=O) groups excluding carboxylic acids is 1. The van der Waals surface area contributed by atoms with Gasteiger partial charge in [0, 0.05) is 13.2 Å². The highest BCUT2D eigenvalue weighted by Crippen LogP contribution is 2.12. The maximum Gasteiger partial charge on any atom is 0.254 e. The van der Waals surface area contributed by atoms with Gasteiger partial charge in [-0.05, 0) is 38.4 Å². The van der Waals surface area contributed by atoms with Crippen LogP contribution in [0.15, 0.2) is 16.9 Å². The Hall–Kier alpha value is -1.64. The molecule has 126 valence electrons. The zero-order chi connectivity index (χ0) is 16.6. The number of methoxy groups -OCH3 is 1. The Labute approximate surface area is 129 Å². The van der Waals surface area contributed by atoms with Gasteiger partial charge in [-0.3, -0.25) is 4.79 Å². The summed E-state index contributed by atoms with van der Waals surface area (Å²) in [5, 5.41) is 16.6. The van der Waals surface area contributed by atoms with Gasteiger partial charge < -0.3 is 30.2 Å². The van der Waals surface area contributed by atoms with Crippen molar-refractivity contribution in [2.24, 2.45) is 5.73 Å². The number of hydrogen-bond acceptors (Lipinski definition) is 7. The van der Waals surface area contributed by atoms with Crippen molar-refractivity contribution >= 4 is 5.91 Å². The number of ether oxygens (including phenoxy) is 2. The normalized spacial score (nSPS) is 14.4. The first-order valence-corrected chi connectivity index (χ1v) is 7.18. The van der Waals surface area contributed by atoms with E-state index in [0.717, 1.165) is 0 Å². The fraction of sp³-hybridized carbons (Fsp3) is 0.714. The Morgan fingerprint density at radius 2 is 2.32 bits per heavy atom. The van der Waals surface area contributed by atoms with Crippen molar-refractivity contribution in [3.05, 3.63) is 12.3 Å². The summed E-state index contributed by atoms with van der Waals surface area (Å²) in [6.07, 6.45) is 1.67. The molecule has 0 radical (unpaired) electrons. The van der Waals surface area contributed by atoms with Crippen LogP contribution >= 0.6 is 0 Å². The van der Waals surface area contributed by atoms with Gasteiger partial charge in [0.25, 0.3) is 11.8 Å². The second-order valence-electron chi connectivity index (χ2n) is 5.44. The number of rotatable bonds is 10. The van der Waals surface area contributed by atoms with Gasteiger partial charge in [-0.15, -0.1) is 0 Å². The monoisotopic (exact) mass is 315 g/mol. The van der Waals surface area contributed by atoms with Gasteiger partial charge in [-0.1, -0.05) is 0 Å². The van der Waals surface area contributed by atoms with Crippen LogP contribution < -0.4 is 15.8 Å². The summed E-state index contributed by atoms with van der Waals surface area (Å²) in [5.41, 5.74) is 4.52. The van der Waals surface area contributed by atoms with Crippen LogP contribution in [-0.2, 0) is 9.53 Å². The lowest BCUT2D eigenvalue weighted by Crippen LogP contribution is -2.52. The van der Waals surface area contributed by atoms with Crippen molar-refractivity contribution in [3.8, 4) is 5.88 Å². The highest BCUT2D eigenvalue weighted by Gasteiger charge is 2.31. The number of amides is 1. The van der Waals surface area contributed by atoms with E-state index in [2.05, 4.69) is 15.0 Å². The predicted molar refractivity (Wildman–Crippen MR) is 79.3 cm³/mol. The van der Waals surface area contributed by atoms with Crippen LogP contribution in [0.3, 0.4) is 0 Å². The summed E-state index contributed by atoms with van der Waals surface area (Å²) in [6.45, 7) is 3.76. The summed E-state index contributed by atoms with van der Waals surface area (Å²) >= 11 is 0. The zero-order valence-electron chi connectivity index (χ0n) is 13.2. The first-order chi connectivity index (χ1) is 10.4. The van der Waals surface area contributed by atoms with Gasteiger partial charge in [0.2, 0.25) is 0 Å². The van der Waals surface area contributed by atoms with Crippen LogP contribution in [0.4, 0.5) is 0 Å². The molecule has 8 heteroatoms. The van der Waals surface area contributed by atoms with Gasteiger partial charge in [0.05, 0.1) is 6.04 Å². The fourth-order valence-corrected chi connectivity index (χ4v) is 1.70. The van der Waals surface area contributed by atoms with Crippen LogP contribution in [0.2, 0.25) is 0 Å². The Bertz CT molecular complexity index is 436. The second kappa shape index (κ2) is 8.72. The van der Waals surface area contributed by atoms with Crippen molar-refractivity contribution in [1.82, 2.24) is 10.5 Å². The smallest absolute Gasteiger partial charge is 0.254 e. The minimum absolute atomic E-state index is 0.0184. The molecule has 22 heavy (non-hydrogen) atoms. The molecule has 0 spiro atoms. The zero-order valence-corrected chi connectivity index (χ0v) is 13.2. The minimum atomic E-state index is -0.979. The van der Waals surface area contributed by atoms with E-state index in [1.54, 1.807) is 13.8 Å². The topological polar surface area (TPSA) is 120 Å². The molecule has 4 N–H and O–H groups in total. The van der Waals surface area contributed by atoms with E-state index in [4.69, 9.17) is 15.2 Å². The maximum absolute atomic E-state index is 12.2. The molecular formula is C14H25N3O5. The SMILES string of the molecule is COC(C)(C)C(=O)N[C@@H](CCCN)C(O)COc1ccon1. The van der Waals surface area contributed by atoms with Gasteiger partial charge in [0.1, 0.15) is 24.6 Å². The molecule has 0 aliphatic heterocycles. The molecule has 0 fully saturated rings. The van der Waals surface area contributed by atoms with Crippen LogP contribution in [0.5, 0.6) is 5.88 Å². The van der Waals surface area contributed by atoms with E-state index in [1.807, 2.05) is 0 Å². The molecule has 1 unspecified atom stereocenters. The van der Waals surface area contributed by atoms with Gasteiger partial charge >= 0.3 is 0 Å². The standard InChI is InChI=1S/C14H25N3O5/c1-14(2,20-3)13(19)16-10(5-4-7-15)11(18)9-21-12-6-8-22-17-12/h6,8,10-11,18H,4-5,7,9,15H2,1-3H3,(H,16,19)/t10-,11?/m0/s1. The van der Waals surface area contributed by atoms with E-state index in [9.17, 15) is 9.90 Å². The number of nitrogens with zero attached hydrogens (tertiary/aromatic N) is 1. The predicted octanol–water partition coefficient (Wildman–Crippen LogP) is 0.0630. The maximum atomic E-state index is 12.2. The van der Waals surface area contributed by atoms with Crippen molar-refractivity contribution in [2.75, 3.05) is 20.3 Å². The number of nitrogens with one attached hydrogen (secondary N) is 1. The Kier molecular flexibility index (Phi) is 7.30. The molecule has 1 amide bonds. The Morgan fingerprint density at radius 1 is 1.59 bits per heavy atom. The lowest BCUT2D eigenvalue weighted by atomic mass is 10.0. The largest absolute Gasteiger partial charge is 0.473 e. The van der Waals surface area contributed by atoms with Crippen LogP contribution in [0.25, 0.3) is 0 Å². The molecule has 0 bridgehead atoms. The molecule has 0 aromatic carbocycles. The molecule has 8 nitrogen and oxygen atoms in total. The molecule has 1 aromatic heterocycles. The Balaban J connectivity index is 2.59. The summed E-state index contributed by atoms with van der Waals surface area (Å²) in [4.78, 5) is 12.2. The average molecular weight is 315 g/mol. The third kappa shape index (κ3) is 5.63. The molecule has 2 atom stereocenters.